The van der Waals surface area contributed by atoms with Gasteiger partial charge in [0, 0.05) is 25.0 Å². The molecule has 1 N–H and O–H groups in total. The quantitative estimate of drug-likeness (QED) is 0.767. The van der Waals surface area contributed by atoms with Gasteiger partial charge in [-0.15, -0.1) is 0 Å². The van der Waals surface area contributed by atoms with E-state index >= 15 is 0 Å². The number of likely N-dealkylation sites (tertiary alicyclic amines) is 1. The first-order chi connectivity index (χ1) is 7.66. The smallest absolute Gasteiger partial charge is 0.255 e. The van der Waals surface area contributed by atoms with E-state index in [4.69, 9.17) is 0 Å². The van der Waals surface area contributed by atoms with E-state index in [-0.39, 0.29) is 12.0 Å². The minimum atomic E-state index is -0.379. The van der Waals surface area contributed by atoms with Gasteiger partial charge in [-0.2, -0.15) is 0 Å². The first kappa shape index (κ1) is 11.1. The standard InChI is InChI=1S/C12H16N2O2/c1-9-4-5-10(7-13-9)12(16)14-6-2-3-11(15)8-14/h4-5,7,11,15H,2-3,6,8H2,1H3/t11-/m1/s1. The van der Waals surface area contributed by atoms with Crippen molar-refractivity contribution in [2.24, 2.45) is 0 Å². The Balaban J connectivity index is 2.09. The summed E-state index contributed by atoms with van der Waals surface area (Å²) in [6.07, 6.45) is 2.87. The Kier molecular flexibility index (Phi) is 3.19. The molecule has 1 aliphatic heterocycles. The maximum atomic E-state index is 12.0. The average molecular weight is 220 g/mol. The van der Waals surface area contributed by atoms with E-state index in [1.165, 1.54) is 0 Å². The molecule has 0 aliphatic carbocycles. The first-order valence-electron chi connectivity index (χ1n) is 5.57. The Morgan fingerprint density at radius 1 is 1.56 bits per heavy atom. The summed E-state index contributed by atoms with van der Waals surface area (Å²) in [5.41, 5.74) is 1.50. The monoisotopic (exact) mass is 220 g/mol. The SMILES string of the molecule is Cc1ccc(C(=O)N2CCC[C@@H](O)C2)cn1. The number of carbonyl (C=O) groups excluding carboxylic acids is 1. The zero-order valence-corrected chi connectivity index (χ0v) is 9.39. The highest BCUT2D eigenvalue weighted by Crippen LogP contribution is 2.13. The molecule has 1 atom stereocenters. The summed E-state index contributed by atoms with van der Waals surface area (Å²) >= 11 is 0. The molecule has 1 saturated heterocycles. The largest absolute Gasteiger partial charge is 0.391 e. The van der Waals surface area contributed by atoms with Gasteiger partial charge in [0.25, 0.3) is 5.91 Å². The van der Waals surface area contributed by atoms with Crippen molar-refractivity contribution in [3.8, 4) is 0 Å². The topological polar surface area (TPSA) is 53.4 Å². The van der Waals surface area contributed by atoms with Crippen LogP contribution in [0.5, 0.6) is 0 Å². The van der Waals surface area contributed by atoms with Crippen molar-refractivity contribution in [3.63, 3.8) is 0 Å². The Morgan fingerprint density at radius 2 is 2.38 bits per heavy atom. The van der Waals surface area contributed by atoms with Crippen molar-refractivity contribution in [1.29, 1.82) is 0 Å². The van der Waals surface area contributed by atoms with Crippen molar-refractivity contribution >= 4 is 5.91 Å². The third-order valence-electron chi connectivity index (χ3n) is 2.84. The number of pyridine rings is 1. The van der Waals surface area contributed by atoms with Crippen LogP contribution >= 0.6 is 0 Å². The molecule has 2 rings (SSSR count). The van der Waals surface area contributed by atoms with Crippen LogP contribution in [0.1, 0.15) is 28.9 Å². The van der Waals surface area contributed by atoms with E-state index in [0.29, 0.717) is 12.1 Å². The molecule has 86 valence electrons. The van der Waals surface area contributed by atoms with Crippen LogP contribution in [-0.2, 0) is 0 Å². The number of aromatic nitrogens is 1. The fraction of sp³-hybridized carbons (Fsp3) is 0.500. The maximum absolute atomic E-state index is 12.0. The minimum Gasteiger partial charge on any atom is -0.391 e. The van der Waals surface area contributed by atoms with Crippen LogP contribution in [0.4, 0.5) is 0 Å². The molecule has 16 heavy (non-hydrogen) atoms. The van der Waals surface area contributed by atoms with Gasteiger partial charge in [0.15, 0.2) is 0 Å². The normalized spacial score (nSPS) is 20.9. The molecule has 0 aromatic carbocycles. The zero-order valence-electron chi connectivity index (χ0n) is 9.39. The highest BCUT2D eigenvalue weighted by Gasteiger charge is 2.22. The van der Waals surface area contributed by atoms with Crippen LogP contribution < -0.4 is 0 Å². The molecule has 2 heterocycles. The number of nitrogens with zero attached hydrogens (tertiary/aromatic N) is 2. The number of β-amino-alcohol motifs (C(OH)–C–C–N with tert-alkyl or cyclic N) is 1. The van der Waals surface area contributed by atoms with Crippen molar-refractivity contribution < 1.29 is 9.90 Å². The lowest BCUT2D eigenvalue weighted by molar-refractivity contribution is 0.0473. The van der Waals surface area contributed by atoms with Gasteiger partial charge in [-0.05, 0) is 31.9 Å². The molecule has 0 radical (unpaired) electrons. The average Bonchev–Trinajstić information content (AvgIpc) is 2.29. The van der Waals surface area contributed by atoms with Crippen molar-refractivity contribution in [3.05, 3.63) is 29.6 Å². The van der Waals surface area contributed by atoms with Gasteiger partial charge in [-0.1, -0.05) is 0 Å². The number of aryl methyl sites for hydroxylation is 1. The second-order valence-electron chi connectivity index (χ2n) is 4.24. The number of hydrogen-bond donors (Lipinski definition) is 1. The summed E-state index contributed by atoms with van der Waals surface area (Å²) in [6.45, 7) is 3.05. The molecular weight excluding hydrogens is 204 g/mol. The van der Waals surface area contributed by atoms with E-state index < -0.39 is 0 Å². The summed E-state index contributed by atoms with van der Waals surface area (Å²) < 4.78 is 0. The number of aliphatic hydroxyl groups excluding tert-OH is 1. The van der Waals surface area contributed by atoms with E-state index in [1.807, 2.05) is 13.0 Å². The Bertz CT molecular complexity index is 375. The Morgan fingerprint density at radius 3 is 3.00 bits per heavy atom. The summed E-state index contributed by atoms with van der Waals surface area (Å²) in [6, 6.07) is 3.61. The van der Waals surface area contributed by atoms with E-state index in [2.05, 4.69) is 4.98 Å². The number of piperidine rings is 1. The van der Waals surface area contributed by atoms with Gasteiger partial charge >= 0.3 is 0 Å². The highest BCUT2D eigenvalue weighted by molar-refractivity contribution is 5.94. The molecule has 1 aliphatic rings. The number of hydrogen-bond acceptors (Lipinski definition) is 3. The molecule has 1 aromatic heterocycles. The molecule has 1 aromatic rings. The number of carbonyl (C=O) groups is 1. The number of rotatable bonds is 1. The summed E-state index contributed by atoms with van der Waals surface area (Å²) in [7, 11) is 0. The predicted octanol–water partition coefficient (Wildman–Crippen LogP) is 0.987. The Labute approximate surface area is 94.9 Å². The molecule has 0 unspecified atom stereocenters. The van der Waals surface area contributed by atoms with Gasteiger partial charge in [0.2, 0.25) is 0 Å². The second kappa shape index (κ2) is 4.61. The second-order valence-corrected chi connectivity index (χ2v) is 4.24. The lowest BCUT2D eigenvalue weighted by Gasteiger charge is -2.30. The number of aliphatic hydroxyl groups is 1. The van der Waals surface area contributed by atoms with Gasteiger partial charge in [0.05, 0.1) is 11.7 Å². The number of amides is 1. The minimum absolute atomic E-state index is 0.0359. The lowest BCUT2D eigenvalue weighted by Crippen LogP contribution is -2.42. The molecule has 4 heteroatoms. The summed E-state index contributed by atoms with van der Waals surface area (Å²) in [5.74, 6) is -0.0359. The summed E-state index contributed by atoms with van der Waals surface area (Å²) in [4.78, 5) is 17.8. The van der Waals surface area contributed by atoms with Crippen LogP contribution in [0.25, 0.3) is 0 Å². The van der Waals surface area contributed by atoms with Crippen LogP contribution in [0.3, 0.4) is 0 Å². The fourth-order valence-corrected chi connectivity index (χ4v) is 1.92. The van der Waals surface area contributed by atoms with Crippen LogP contribution in [0.2, 0.25) is 0 Å². The molecule has 1 amide bonds. The van der Waals surface area contributed by atoms with Crippen molar-refractivity contribution in [2.75, 3.05) is 13.1 Å². The molecule has 0 saturated carbocycles. The van der Waals surface area contributed by atoms with Crippen LogP contribution in [0.15, 0.2) is 18.3 Å². The molecular formula is C12H16N2O2. The van der Waals surface area contributed by atoms with Crippen molar-refractivity contribution in [1.82, 2.24) is 9.88 Å². The third-order valence-corrected chi connectivity index (χ3v) is 2.84. The molecule has 1 fully saturated rings. The molecule has 0 spiro atoms. The zero-order chi connectivity index (χ0) is 11.5. The third kappa shape index (κ3) is 2.39. The molecule has 4 nitrogen and oxygen atoms in total. The predicted molar refractivity (Wildman–Crippen MR) is 60.1 cm³/mol. The van der Waals surface area contributed by atoms with Gasteiger partial charge in [0.1, 0.15) is 0 Å². The van der Waals surface area contributed by atoms with Crippen LogP contribution in [0, 0.1) is 6.92 Å². The first-order valence-corrected chi connectivity index (χ1v) is 5.57. The maximum Gasteiger partial charge on any atom is 0.255 e. The Hall–Kier alpha value is -1.42. The van der Waals surface area contributed by atoms with E-state index in [9.17, 15) is 9.90 Å². The van der Waals surface area contributed by atoms with Gasteiger partial charge in [-0.3, -0.25) is 9.78 Å². The van der Waals surface area contributed by atoms with E-state index in [0.717, 1.165) is 25.1 Å². The molecule has 0 bridgehead atoms. The summed E-state index contributed by atoms with van der Waals surface area (Å²) in [5, 5.41) is 9.51. The fourth-order valence-electron chi connectivity index (χ4n) is 1.92. The van der Waals surface area contributed by atoms with Gasteiger partial charge in [-0.25, -0.2) is 0 Å². The van der Waals surface area contributed by atoms with Crippen molar-refractivity contribution in [2.45, 2.75) is 25.9 Å². The lowest BCUT2D eigenvalue weighted by atomic mass is 10.1. The van der Waals surface area contributed by atoms with Gasteiger partial charge < -0.3 is 10.0 Å². The van der Waals surface area contributed by atoms with E-state index in [1.54, 1.807) is 17.2 Å². The highest BCUT2D eigenvalue weighted by atomic mass is 16.3. The van der Waals surface area contributed by atoms with Crippen LogP contribution in [-0.4, -0.2) is 40.1 Å².